The van der Waals surface area contributed by atoms with Gasteiger partial charge in [-0.25, -0.2) is 4.79 Å². The van der Waals surface area contributed by atoms with Gasteiger partial charge in [0.25, 0.3) is 11.8 Å². The molecule has 106 valence electrons. The first-order chi connectivity index (χ1) is 9.04. The van der Waals surface area contributed by atoms with Crippen molar-refractivity contribution in [3.8, 4) is 0 Å². The molecule has 1 aliphatic heterocycles. The van der Waals surface area contributed by atoms with Crippen LogP contribution in [0.15, 0.2) is 12.7 Å². The topological polar surface area (TPSA) is 72.9 Å². The average molecular weight is 269 g/mol. The maximum Gasteiger partial charge on any atom is 0.534 e. The second-order valence-electron chi connectivity index (χ2n) is 4.42. The number of hydrogen-bond donors (Lipinski definition) is 0. The van der Waals surface area contributed by atoms with Crippen LogP contribution in [-0.2, 0) is 19.2 Å². The summed E-state index contributed by atoms with van der Waals surface area (Å²) in [6.07, 6.45) is 4.16. The van der Waals surface area contributed by atoms with E-state index in [1.165, 1.54) is 0 Å². The number of nitrogens with zero attached hydrogens (tertiary/aromatic N) is 1. The van der Waals surface area contributed by atoms with E-state index in [0.717, 1.165) is 19.3 Å². The van der Waals surface area contributed by atoms with Crippen molar-refractivity contribution in [2.75, 3.05) is 0 Å². The van der Waals surface area contributed by atoms with Gasteiger partial charge in [0.15, 0.2) is 0 Å². The molecule has 6 heteroatoms. The van der Waals surface area contributed by atoms with E-state index >= 15 is 0 Å². The van der Waals surface area contributed by atoms with E-state index in [0.29, 0.717) is 11.5 Å². The smallest absolute Gasteiger partial charge is 0.430 e. The number of hydrogen-bond acceptors (Lipinski definition) is 5. The van der Waals surface area contributed by atoms with Crippen molar-refractivity contribution in [3.63, 3.8) is 0 Å². The van der Waals surface area contributed by atoms with E-state index in [4.69, 9.17) is 4.74 Å². The summed E-state index contributed by atoms with van der Waals surface area (Å²) in [4.78, 5) is 38.4. The van der Waals surface area contributed by atoms with Gasteiger partial charge < -0.3 is 4.74 Å². The maximum atomic E-state index is 11.4. The molecule has 0 spiro atoms. The van der Waals surface area contributed by atoms with Crippen LogP contribution in [0.2, 0.25) is 0 Å². The molecule has 19 heavy (non-hydrogen) atoms. The van der Waals surface area contributed by atoms with E-state index < -0.39 is 18.0 Å². The summed E-state index contributed by atoms with van der Waals surface area (Å²) in [5.41, 5.74) is 0. The fraction of sp³-hybridized carbons (Fsp3) is 0.615. The summed E-state index contributed by atoms with van der Waals surface area (Å²) in [5, 5.41) is 0.479. The molecule has 1 fully saturated rings. The highest BCUT2D eigenvalue weighted by Crippen LogP contribution is 2.14. The van der Waals surface area contributed by atoms with Crippen LogP contribution >= 0.6 is 0 Å². The van der Waals surface area contributed by atoms with Crippen molar-refractivity contribution < 1.29 is 24.0 Å². The van der Waals surface area contributed by atoms with Gasteiger partial charge in [-0.15, -0.1) is 6.58 Å². The number of allylic oxidation sites excluding steroid dienone is 1. The van der Waals surface area contributed by atoms with Crippen LogP contribution in [-0.4, -0.2) is 29.1 Å². The Morgan fingerprint density at radius 2 is 2.00 bits per heavy atom. The Bertz CT molecular complexity index is 350. The zero-order valence-corrected chi connectivity index (χ0v) is 11.1. The number of carbonyl (C=O) groups is 3. The monoisotopic (exact) mass is 269 g/mol. The van der Waals surface area contributed by atoms with Gasteiger partial charge >= 0.3 is 6.16 Å². The van der Waals surface area contributed by atoms with E-state index in [2.05, 4.69) is 11.4 Å². The van der Waals surface area contributed by atoms with Gasteiger partial charge in [0, 0.05) is 12.8 Å². The van der Waals surface area contributed by atoms with Crippen LogP contribution in [0.3, 0.4) is 0 Å². The zero-order valence-electron chi connectivity index (χ0n) is 11.1. The van der Waals surface area contributed by atoms with E-state index in [1.807, 2.05) is 6.08 Å². The van der Waals surface area contributed by atoms with Gasteiger partial charge in [-0.3, -0.25) is 14.4 Å². The van der Waals surface area contributed by atoms with Gasteiger partial charge in [-0.05, 0) is 32.6 Å². The molecule has 0 N–H and O–H groups in total. The molecule has 1 saturated heterocycles. The molecule has 1 unspecified atom stereocenters. The standard InChI is InChI=1S/C13H19NO5/c1-3-4-5-6-7-10(2)18-13(17)19-14-11(15)8-9-12(14)16/h3,10H,1,4-9H2,2H3. The lowest BCUT2D eigenvalue weighted by molar-refractivity contribution is -0.178. The quantitative estimate of drug-likeness (QED) is 0.307. The fourth-order valence-electron chi connectivity index (χ4n) is 1.70. The molecular formula is C13H19NO5. The van der Waals surface area contributed by atoms with Crippen molar-refractivity contribution in [2.24, 2.45) is 0 Å². The van der Waals surface area contributed by atoms with E-state index in [1.54, 1.807) is 6.92 Å². The number of hydroxylamine groups is 2. The van der Waals surface area contributed by atoms with Crippen molar-refractivity contribution in [1.29, 1.82) is 0 Å². The Kier molecular flexibility index (Phi) is 6.05. The summed E-state index contributed by atoms with van der Waals surface area (Å²) < 4.78 is 4.96. The molecule has 0 bridgehead atoms. The Morgan fingerprint density at radius 3 is 2.58 bits per heavy atom. The largest absolute Gasteiger partial charge is 0.534 e. The third-order valence-electron chi connectivity index (χ3n) is 2.74. The molecule has 2 amide bonds. The first-order valence-electron chi connectivity index (χ1n) is 6.40. The lowest BCUT2D eigenvalue weighted by atomic mass is 10.1. The number of carbonyl (C=O) groups excluding carboxylic acids is 3. The molecule has 0 aliphatic carbocycles. The number of unbranched alkanes of at least 4 members (excludes halogenated alkanes) is 2. The Balaban J connectivity index is 2.24. The molecule has 6 nitrogen and oxygen atoms in total. The summed E-state index contributed by atoms with van der Waals surface area (Å²) >= 11 is 0. The lowest BCUT2D eigenvalue weighted by Gasteiger charge is -2.15. The van der Waals surface area contributed by atoms with Gasteiger partial charge in [-0.1, -0.05) is 11.1 Å². The molecule has 0 saturated carbocycles. The second-order valence-corrected chi connectivity index (χ2v) is 4.42. The van der Waals surface area contributed by atoms with E-state index in [9.17, 15) is 14.4 Å². The van der Waals surface area contributed by atoms with Gasteiger partial charge in [0.1, 0.15) is 6.10 Å². The molecule has 0 radical (unpaired) electrons. The van der Waals surface area contributed by atoms with Gasteiger partial charge in [-0.2, -0.15) is 0 Å². The minimum atomic E-state index is -1.01. The molecule has 0 aromatic heterocycles. The normalized spacial score (nSPS) is 16.4. The highest BCUT2D eigenvalue weighted by molar-refractivity contribution is 6.01. The summed E-state index contributed by atoms with van der Waals surface area (Å²) in [6, 6.07) is 0. The van der Waals surface area contributed by atoms with Crippen molar-refractivity contribution in [3.05, 3.63) is 12.7 Å². The predicted molar refractivity (Wildman–Crippen MR) is 66.8 cm³/mol. The van der Waals surface area contributed by atoms with Crippen LogP contribution in [0.1, 0.15) is 45.4 Å². The second kappa shape index (κ2) is 7.56. The van der Waals surface area contributed by atoms with Crippen LogP contribution in [0.4, 0.5) is 4.79 Å². The highest BCUT2D eigenvalue weighted by atomic mass is 16.8. The van der Waals surface area contributed by atoms with Gasteiger partial charge in [0.05, 0.1) is 0 Å². The van der Waals surface area contributed by atoms with Gasteiger partial charge in [0.2, 0.25) is 0 Å². The van der Waals surface area contributed by atoms with Crippen LogP contribution in [0.25, 0.3) is 0 Å². The molecule has 1 aliphatic rings. The summed E-state index contributed by atoms with van der Waals surface area (Å²) in [5.74, 6) is -1.03. The SMILES string of the molecule is C=CCCCCC(C)OC(=O)ON1C(=O)CCC1=O. The van der Waals surface area contributed by atoms with E-state index in [-0.39, 0.29) is 18.9 Å². The highest BCUT2D eigenvalue weighted by Gasteiger charge is 2.33. The van der Waals surface area contributed by atoms with Crippen LogP contribution in [0.5, 0.6) is 0 Å². The third-order valence-corrected chi connectivity index (χ3v) is 2.74. The first-order valence-corrected chi connectivity index (χ1v) is 6.40. The number of rotatable bonds is 7. The lowest BCUT2D eigenvalue weighted by Crippen LogP contribution is -2.33. The fourth-order valence-corrected chi connectivity index (χ4v) is 1.70. The predicted octanol–water partition coefficient (Wildman–Crippen LogP) is 2.34. The molecule has 1 rings (SSSR count). The Labute approximate surface area is 112 Å². The van der Waals surface area contributed by atoms with Crippen molar-refractivity contribution >= 4 is 18.0 Å². The summed E-state index contributed by atoms with van der Waals surface area (Å²) in [6.45, 7) is 5.36. The molecule has 0 aromatic carbocycles. The van der Waals surface area contributed by atoms with Crippen molar-refractivity contribution in [1.82, 2.24) is 5.06 Å². The number of amides is 2. The number of imide groups is 1. The Hall–Kier alpha value is -1.85. The molecule has 1 atom stereocenters. The van der Waals surface area contributed by atoms with Crippen LogP contribution < -0.4 is 0 Å². The minimum Gasteiger partial charge on any atom is -0.430 e. The molecule has 1 heterocycles. The third kappa shape index (κ3) is 5.11. The molecular weight excluding hydrogens is 250 g/mol. The van der Waals surface area contributed by atoms with Crippen molar-refractivity contribution in [2.45, 2.75) is 51.6 Å². The minimum absolute atomic E-state index is 0.0726. The Morgan fingerprint density at radius 1 is 1.37 bits per heavy atom. The maximum absolute atomic E-state index is 11.4. The number of ether oxygens (including phenoxy) is 1. The first kappa shape index (κ1) is 15.2. The molecule has 0 aromatic rings. The average Bonchev–Trinajstić information content (AvgIpc) is 2.66. The zero-order chi connectivity index (χ0) is 14.3. The van der Waals surface area contributed by atoms with Crippen LogP contribution in [0, 0.1) is 0 Å². The summed E-state index contributed by atoms with van der Waals surface area (Å²) in [7, 11) is 0.